The van der Waals surface area contributed by atoms with Gasteiger partial charge in [0.1, 0.15) is 11.5 Å². The number of nitrogens with zero attached hydrogens (tertiary/aromatic N) is 2. The monoisotopic (exact) mass is 541 g/mol. The average molecular weight is 542 g/mol. The van der Waals surface area contributed by atoms with Crippen LogP contribution in [0.3, 0.4) is 0 Å². The van der Waals surface area contributed by atoms with Crippen LogP contribution in [0.2, 0.25) is 0 Å². The van der Waals surface area contributed by atoms with Gasteiger partial charge in [0.15, 0.2) is 0 Å². The first-order valence-electron chi connectivity index (χ1n) is 11.5. The maximum atomic E-state index is 13.7. The number of carbonyl (C=O) groups is 2. The molecule has 0 saturated carbocycles. The summed E-state index contributed by atoms with van der Waals surface area (Å²) in [4.78, 5) is 40.9. The summed E-state index contributed by atoms with van der Waals surface area (Å²) in [5.74, 6) is 0.484. The van der Waals surface area contributed by atoms with E-state index in [2.05, 4.69) is 21.2 Å². The minimum absolute atomic E-state index is 0.0282. The molecule has 1 fully saturated rings. The molecule has 4 rings (SSSR count). The molecule has 0 spiro atoms. The molecule has 1 aromatic heterocycles. The predicted molar refractivity (Wildman–Crippen MR) is 139 cm³/mol. The summed E-state index contributed by atoms with van der Waals surface area (Å²) in [6, 6.07) is 10.4. The first kappa shape index (κ1) is 24.8. The number of pyridine rings is 1. The number of benzene rings is 2. The first-order valence-corrected chi connectivity index (χ1v) is 12.7. The number of fused-ring (bicyclic) bond motifs is 1. The molecule has 1 saturated heterocycles. The molecule has 3 aromatic rings. The summed E-state index contributed by atoms with van der Waals surface area (Å²) < 4.78 is 12.5. The lowest BCUT2D eigenvalue weighted by atomic mass is 10.1. The van der Waals surface area contributed by atoms with Gasteiger partial charge in [-0.3, -0.25) is 19.0 Å². The molecule has 1 aliphatic rings. The molecule has 0 unspecified atom stereocenters. The van der Waals surface area contributed by atoms with Crippen molar-refractivity contribution in [3.8, 4) is 17.2 Å². The Balaban J connectivity index is 1.82. The highest BCUT2D eigenvalue weighted by atomic mass is 79.9. The highest BCUT2D eigenvalue weighted by Gasteiger charge is 2.21. The van der Waals surface area contributed by atoms with Gasteiger partial charge in [-0.25, -0.2) is 0 Å². The van der Waals surface area contributed by atoms with Crippen LogP contribution in [0.15, 0.2) is 47.4 Å². The third-order valence-corrected chi connectivity index (χ3v) is 6.55. The maximum Gasteiger partial charge on any atom is 0.266 e. The number of halogens is 1. The highest BCUT2D eigenvalue weighted by molar-refractivity contribution is 9.09. The van der Waals surface area contributed by atoms with E-state index in [1.165, 1.54) is 18.8 Å². The van der Waals surface area contributed by atoms with Gasteiger partial charge in [0.05, 0.1) is 25.3 Å². The Morgan fingerprint density at radius 1 is 1.03 bits per heavy atom. The zero-order valence-corrected chi connectivity index (χ0v) is 21.4. The van der Waals surface area contributed by atoms with Crippen molar-refractivity contribution in [3.05, 3.63) is 58.5 Å². The highest BCUT2D eigenvalue weighted by Crippen LogP contribution is 2.38. The van der Waals surface area contributed by atoms with E-state index in [1.54, 1.807) is 42.6 Å². The van der Waals surface area contributed by atoms with Crippen molar-refractivity contribution in [3.63, 3.8) is 0 Å². The number of amides is 2. The topological polar surface area (TPSA) is 89.9 Å². The minimum atomic E-state index is -0.333. The van der Waals surface area contributed by atoms with Gasteiger partial charge in [-0.05, 0) is 43.5 Å². The number of ether oxygens (including phenoxy) is 2. The molecule has 1 aliphatic heterocycles. The molecule has 9 heteroatoms. The van der Waals surface area contributed by atoms with E-state index in [0.717, 1.165) is 32.4 Å². The number of nitrogens with one attached hydrogen (secondary N) is 1. The van der Waals surface area contributed by atoms with Crippen LogP contribution < -0.4 is 20.3 Å². The van der Waals surface area contributed by atoms with Crippen molar-refractivity contribution in [2.75, 3.05) is 38.0 Å². The standard InChI is InChI=1S/C26H28BrN3O5/c1-34-20-16-21(35-2)24(28-22(31)9-11-27)19-10-14-30(26(33)23(19)20)18-8-6-7-17(15-18)25(32)29-12-4-3-5-13-29/h6-8,10,14-16H,3-5,9,11-13H2,1-2H3,(H,28,31). The van der Waals surface area contributed by atoms with Gasteiger partial charge in [-0.15, -0.1) is 0 Å². The number of aromatic nitrogens is 1. The summed E-state index contributed by atoms with van der Waals surface area (Å²) >= 11 is 3.27. The van der Waals surface area contributed by atoms with Gasteiger partial charge < -0.3 is 19.7 Å². The third-order valence-electron chi connectivity index (χ3n) is 6.16. The van der Waals surface area contributed by atoms with Crippen LogP contribution in [0, 0.1) is 0 Å². The molecule has 8 nitrogen and oxygen atoms in total. The lowest BCUT2D eigenvalue weighted by Gasteiger charge is -2.26. The maximum absolute atomic E-state index is 13.7. The summed E-state index contributed by atoms with van der Waals surface area (Å²) in [7, 11) is 2.97. The Kier molecular flexibility index (Phi) is 7.75. The second-order valence-corrected chi connectivity index (χ2v) is 9.12. The third kappa shape index (κ3) is 5.05. The number of rotatable bonds is 7. The van der Waals surface area contributed by atoms with Gasteiger partial charge in [0.25, 0.3) is 11.5 Å². The second kappa shape index (κ2) is 10.9. The molecule has 35 heavy (non-hydrogen) atoms. The second-order valence-electron chi connectivity index (χ2n) is 8.33. The van der Waals surface area contributed by atoms with E-state index in [0.29, 0.717) is 44.5 Å². The number of hydrogen-bond donors (Lipinski definition) is 1. The van der Waals surface area contributed by atoms with E-state index in [1.807, 2.05) is 4.90 Å². The van der Waals surface area contributed by atoms with Crippen LogP contribution in [-0.4, -0.2) is 53.9 Å². The number of likely N-dealkylation sites (tertiary alicyclic amines) is 1. The first-order chi connectivity index (χ1) is 17.0. The van der Waals surface area contributed by atoms with Crippen LogP contribution >= 0.6 is 15.9 Å². The SMILES string of the molecule is COc1cc(OC)c2c(=O)n(-c3cccc(C(=O)N4CCCCC4)c3)ccc2c1NC(=O)CCBr. The molecule has 2 aromatic carbocycles. The van der Waals surface area contributed by atoms with E-state index in [4.69, 9.17) is 9.47 Å². The van der Waals surface area contributed by atoms with Crippen molar-refractivity contribution < 1.29 is 19.1 Å². The molecular weight excluding hydrogens is 514 g/mol. The summed E-state index contributed by atoms with van der Waals surface area (Å²) in [6.07, 6.45) is 5.06. The fraction of sp³-hybridized carbons (Fsp3) is 0.346. The minimum Gasteiger partial charge on any atom is -0.496 e. The predicted octanol–water partition coefficient (Wildman–Crippen LogP) is 4.36. The molecule has 0 aliphatic carbocycles. The van der Waals surface area contributed by atoms with E-state index in [9.17, 15) is 14.4 Å². The van der Waals surface area contributed by atoms with Crippen molar-refractivity contribution in [1.29, 1.82) is 0 Å². The average Bonchev–Trinajstić information content (AvgIpc) is 2.89. The normalized spacial score (nSPS) is 13.5. The van der Waals surface area contributed by atoms with Crippen LogP contribution in [0.5, 0.6) is 11.5 Å². The molecule has 0 bridgehead atoms. The van der Waals surface area contributed by atoms with Gasteiger partial charge in [0.2, 0.25) is 5.91 Å². The largest absolute Gasteiger partial charge is 0.496 e. The smallest absolute Gasteiger partial charge is 0.266 e. The molecule has 2 amide bonds. The Morgan fingerprint density at radius 2 is 1.77 bits per heavy atom. The van der Waals surface area contributed by atoms with Gasteiger partial charge in [-0.2, -0.15) is 0 Å². The van der Waals surface area contributed by atoms with Gasteiger partial charge in [-0.1, -0.05) is 22.0 Å². The van der Waals surface area contributed by atoms with Crippen molar-refractivity contribution >= 4 is 44.2 Å². The molecule has 0 radical (unpaired) electrons. The van der Waals surface area contributed by atoms with Crippen molar-refractivity contribution in [2.45, 2.75) is 25.7 Å². The summed E-state index contributed by atoms with van der Waals surface area (Å²) in [6.45, 7) is 1.50. The Labute approximate surface area is 211 Å². The quantitative estimate of drug-likeness (QED) is 0.449. The van der Waals surface area contributed by atoms with E-state index < -0.39 is 0 Å². The zero-order chi connectivity index (χ0) is 24.9. The molecule has 184 valence electrons. The summed E-state index contributed by atoms with van der Waals surface area (Å²) in [5, 5.41) is 4.17. The van der Waals surface area contributed by atoms with E-state index >= 15 is 0 Å². The summed E-state index contributed by atoms with van der Waals surface area (Å²) in [5.41, 5.74) is 1.19. The van der Waals surface area contributed by atoms with E-state index in [-0.39, 0.29) is 23.8 Å². The number of anilines is 1. The van der Waals surface area contributed by atoms with Crippen LogP contribution in [0.25, 0.3) is 16.5 Å². The number of carbonyl (C=O) groups excluding carboxylic acids is 2. The van der Waals surface area contributed by atoms with Crippen LogP contribution in [-0.2, 0) is 4.79 Å². The lowest BCUT2D eigenvalue weighted by molar-refractivity contribution is -0.115. The number of alkyl halides is 1. The lowest BCUT2D eigenvalue weighted by Crippen LogP contribution is -2.35. The Morgan fingerprint density at radius 3 is 2.46 bits per heavy atom. The van der Waals surface area contributed by atoms with Crippen LogP contribution in [0.4, 0.5) is 5.69 Å². The molecular formula is C26H28BrN3O5. The fourth-order valence-corrected chi connectivity index (χ4v) is 4.75. The van der Waals surface area contributed by atoms with Crippen LogP contribution in [0.1, 0.15) is 36.0 Å². The Hall–Kier alpha value is -3.33. The molecule has 0 atom stereocenters. The zero-order valence-electron chi connectivity index (χ0n) is 19.8. The van der Waals surface area contributed by atoms with Gasteiger partial charge >= 0.3 is 0 Å². The number of piperidine rings is 1. The van der Waals surface area contributed by atoms with Crippen molar-refractivity contribution in [1.82, 2.24) is 9.47 Å². The molecule has 1 N–H and O–H groups in total. The Bertz CT molecular complexity index is 1310. The number of hydrogen-bond acceptors (Lipinski definition) is 5. The molecule has 2 heterocycles. The fourth-order valence-electron chi connectivity index (χ4n) is 4.39. The number of methoxy groups -OCH3 is 2. The van der Waals surface area contributed by atoms with Gasteiger partial charge in [0, 0.05) is 53.7 Å². The van der Waals surface area contributed by atoms with Crippen molar-refractivity contribution in [2.24, 2.45) is 0 Å².